The van der Waals surface area contributed by atoms with Crippen LogP contribution in [0.3, 0.4) is 0 Å². The standard InChI is InChI=1S/C10H15Br3Cl2O/c1-6(8(15)9(11)12)3-4-7(16)10(2,13)5-14/h3,7-9,16H,4-5H2,1-2H3/b6-3+. The minimum atomic E-state index is -0.534. The summed E-state index contributed by atoms with van der Waals surface area (Å²) in [5.74, 6) is 0.352. The second-order valence-corrected chi connectivity index (χ2v) is 9.60. The minimum Gasteiger partial charge on any atom is -0.391 e. The number of hydrogen-bond acceptors (Lipinski definition) is 1. The molecule has 1 N–H and O–H groups in total. The Bertz CT molecular complexity index is 244. The number of aliphatic hydroxyl groups excluding tert-OH is 1. The van der Waals surface area contributed by atoms with Gasteiger partial charge in [-0.3, -0.25) is 0 Å². The average molecular weight is 462 g/mol. The zero-order valence-corrected chi connectivity index (χ0v) is 15.3. The van der Waals surface area contributed by atoms with E-state index in [1.807, 2.05) is 19.9 Å². The highest BCUT2D eigenvalue weighted by Gasteiger charge is 2.28. The van der Waals surface area contributed by atoms with E-state index in [4.69, 9.17) is 23.2 Å². The summed E-state index contributed by atoms with van der Waals surface area (Å²) in [6.07, 6.45) is 1.92. The van der Waals surface area contributed by atoms with Crippen LogP contribution in [0.25, 0.3) is 0 Å². The molecule has 0 aliphatic heterocycles. The molecule has 0 aliphatic rings. The molecule has 0 bridgehead atoms. The molecule has 0 aromatic rings. The summed E-state index contributed by atoms with van der Waals surface area (Å²) in [5, 5.41) is 9.77. The second-order valence-electron chi connectivity index (χ2n) is 3.85. The van der Waals surface area contributed by atoms with Crippen molar-refractivity contribution in [3.63, 3.8) is 0 Å². The largest absolute Gasteiger partial charge is 0.391 e. The summed E-state index contributed by atoms with van der Waals surface area (Å²) < 4.78 is -0.437. The van der Waals surface area contributed by atoms with Crippen molar-refractivity contribution in [2.75, 3.05) is 5.88 Å². The number of aliphatic hydroxyl groups is 1. The minimum absolute atomic E-state index is 0.0263. The predicted molar refractivity (Wildman–Crippen MR) is 83.7 cm³/mol. The van der Waals surface area contributed by atoms with E-state index in [2.05, 4.69) is 47.8 Å². The molecule has 0 aliphatic carbocycles. The fourth-order valence-electron chi connectivity index (χ4n) is 0.944. The molecular weight excluding hydrogens is 447 g/mol. The zero-order chi connectivity index (χ0) is 12.9. The maximum Gasteiger partial charge on any atom is 0.0898 e. The number of halogens is 5. The second kappa shape index (κ2) is 8.00. The van der Waals surface area contributed by atoms with Crippen LogP contribution in [0.15, 0.2) is 11.6 Å². The third kappa shape index (κ3) is 6.05. The lowest BCUT2D eigenvalue weighted by Gasteiger charge is -2.25. The van der Waals surface area contributed by atoms with Gasteiger partial charge in [0.15, 0.2) is 0 Å². The first-order valence-corrected chi connectivity index (χ1v) is 8.33. The molecule has 16 heavy (non-hydrogen) atoms. The van der Waals surface area contributed by atoms with Crippen molar-refractivity contribution < 1.29 is 5.11 Å². The summed E-state index contributed by atoms with van der Waals surface area (Å²) in [4.78, 5) is 0. The monoisotopic (exact) mass is 458 g/mol. The number of hydrogen-bond donors (Lipinski definition) is 1. The topological polar surface area (TPSA) is 20.2 Å². The molecule has 0 saturated carbocycles. The van der Waals surface area contributed by atoms with Gasteiger partial charge in [-0.2, -0.15) is 0 Å². The molecule has 96 valence electrons. The summed E-state index contributed by atoms with van der Waals surface area (Å²) >= 11 is 22.0. The Morgan fingerprint density at radius 3 is 2.38 bits per heavy atom. The maximum absolute atomic E-state index is 9.90. The molecule has 0 radical (unpaired) electrons. The van der Waals surface area contributed by atoms with Gasteiger partial charge in [0.1, 0.15) is 0 Å². The van der Waals surface area contributed by atoms with Gasteiger partial charge in [0.2, 0.25) is 0 Å². The Morgan fingerprint density at radius 1 is 1.50 bits per heavy atom. The van der Waals surface area contributed by atoms with Crippen molar-refractivity contribution in [3.05, 3.63) is 11.6 Å². The Hall–Kier alpha value is 1.72. The van der Waals surface area contributed by atoms with Gasteiger partial charge >= 0.3 is 0 Å². The first kappa shape index (κ1) is 17.7. The normalized spacial score (nSPS) is 20.7. The van der Waals surface area contributed by atoms with Crippen LogP contribution in [-0.4, -0.2) is 30.5 Å². The van der Waals surface area contributed by atoms with E-state index in [0.29, 0.717) is 12.3 Å². The van der Waals surface area contributed by atoms with E-state index in [0.717, 1.165) is 5.57 Å². The van der Waals surface area contributed by atoms with Crippen molar-refractivity contribution in [1.82, 2.24) is 0 Å². The van der Waals surface area contributed by atoms with Crippen LogP contribution in [0.2, 0.25) is 0 Å². The zero-order valence-electron chi connectivity index (χ0n) is 9.06. The van der Waals surface area contributed by atoms with Crippen LogP contribution in [0.5, 0.6) is 0 Å². The molecule has 0 aromatic carbocycles. The van der Waals surface area contributed by atoms with E-state index < -0.39 is 10.4 Å². The molecule has 6 heteroatoms. The Labute approximate surface area is 132 Å². The van der Waals surface area contributed by atoms with Crippen molar-refractivity contribution in [1.29, 1.82) is 0 Å². The van der Waals surface area contributed by atoms with Gasteiger partial charge < -0.3 is 5.11 Å². The van der Waals surface area contributed by atoms with Crippen LogP contribution in [0, 0.1) is 0 Å². The molecule has 0 heterocycles. The van der Waals surface area contributed by atoms with Gasteiger partial charge in [-0.1, -0.05) is 59.4 Å². The molecule has 0 spiro atoms. The number of allylic oxidation sites excluding steroid dienone is 1. The summed E-state index contributed by atoms with van der Waals surface area (Å²) in [7, 11) is 0. The van der Waals surface area contributed by atoms with Gasteiger partial charge in [-0.15, -0.1) is 23.2 Å². The lowest BCUT2D eigenvalue weighted by molar-refractivity contribution is 0.149. The first-order chi connectivity index (χ1) is 7.22. The number of rotatable bonds is 6. The van der Waals surface area contributed by atoms with E-state index >= 15 is 0 Å². The fourth-order valence-corrected chi connectivity index (χ4v) is 2.23. The van der Waals surface area contributed by atoms with Crippen LogP contribution in [-0.2, 0) is 0 Å². The molecular formula is C10H15Br3Cl2O. The van der Waals surface area contributed by atoms with Gasteiger partial charge in [0, 0.05) is 5.88 Å². The van der Waals surface area contributed by atoms with Crippen molar-refractivity contribution in [3.8, 4) is 0 Å². The molecule has 0 aromatic heterocycles. The highest BCUT2D eigenvalue weighted by molar-refractivity contribution is 9.24. The third-order valence-electron chi connectivity index (χ3n) is 2.28. The molecule has 0 rings (SSSR count). The van der Waals surface area contributed by atoms with Crippen molar-refractivity contribution in [2.24, 2.45) is 0 Å². The highest BCUT2D eigenvalue weighted by atomic mass is 79.9. The summed E-state index contributed by atoms with van der Waals surface area (Å²) in [6, 6.07) is 0. The number of alkyl halides is 5. The van der Waals surface area contributed by atoms with Gasteiger partial charge in [0.25, 0.3) is 0 Å². The smallest absolute Gasteiger partial charge is 0.0898 e. The molecule has 0 fully saturated rings. The maximum atomic E-state index is 9.90. The van der Waals surface area contributed by atoms with E-state index in [1.54, 1.807) is 0 Å². The van der Waals surface area contributed by atoms with Crippen LogP contribution < -0.4 is 0 Å². The van der Waals surface area contributed by atoms with Crippen molar-refractivity contribution >= 4 is 71.0 Å². The Balaban J connectivity index is 4.37. The lowest BCUT2D eigenvalue weighted by atomic mass is 10.0. The highest BCUT2D eigenvalue weighted by Crippen LogP contribution is 2.28. The molecule has 0 amide bonds. The van der Waals surface area contributed by atoms with Gasteiger partial charge in [-0.25, -0.2) is 0 Å². The first-order valence-electron chi connectivity index (χ1n) is 4.74. The van der Waals surface area contributed by atoms with Crippen molar-refractivity contribution in [2.45, 2.75) is 39.8 Å². The van der Waals surface area contributed by atoms with Gasteiger partial charge in [0.05, 0.1) is 19.5 Å². The molecule has 0 saturated heterocycles. The lowest BCUT2D eigenvalue weighted by Crippen LogP contribution is -2.34. The van der Waals surface area contributed by atoms with Crippen LogP contribution in [0.4, 0.5) is 0 Å². The SMILES string of the molecule is C/C(=C\CC(O)C(C)(Br)CCl)C(Cl)C(Br)Br. The third-order valence-corrected chi connectivity index (χ3v) is 6.22. The molecule has 3 unspecified atom stereocenters. The average Bonchev–Trinajstić information content (AvgIpc) is 2.23. The quantitative estimate of drug-likeness (QED) is 0.445. The fraction of sp³-hybridized carbons (Fsp3) is 0.800. The van der Waals surface area contributed by atoms with E-state index in [1.165, 1.54) is 0 Å². The summed E-state index contributed by atoms with van der Waals surface area (Å²) in [6.45, 7) is 3.80. The van der Waals surface area contributed by atoms with E-state index in [9.17, 15) is 5.11 Å². The Kier molecular flexibility index (Phi) is 8.86. The molecule has 3 atom stereocenters. The van der Waals surface area contributed by atoms with Crippen LogP contribution >= 0.6 is 71.0 Å². The molecule has 1 nitrogen and oxygen atoms in total. The predicted octanol–water partition coefficient (Wildman–Crippen LogP) is 4.80. The van der Waals surface area contributed by atoms with E-state index in [-0.39, 0.29) is 9.11 Å². The van der Waals surface area contributed by atoms with Gasteiger partial charge in [-0.05, 0) is 20.3 Å². The summed E-state index contributed by atoms with van der Waals surface area (Å²) in [5.41, 5.74) is 1.01. The van der Waals surface area contributed by atoms with Crippen LogP contribution in [0.1, 0.15) is 20.3 Å². The Morgan fingerprint density at radius 2 is 2.00 bits per heavy atom.